The molecular weight excluding hydrogens is 236 g/mol. The number of anilines is 3. The second kappa shape index (κ2) is 4.96. The number of aryl methyl sites for hydroxylation is 1. The summed E-state index contributed by atoms with van der Waals surface area (Å²) in [4.78, 5) is 13.5. The van der Waals surface area contributed by atoms with Crippen LogP contribution in [0.15, 0.2) is 12.3 Å². The van der Waals surface area contributed by atoms with E-state index >= 15 is 0 Å². The van der Waals surface area contributed by atoms with Crippen LogP contribution < -0.4 is 16.4 Å². The Bertz CT molecular complexity index is 509. The molecule has 2 heterocycles. The Balaban J connectivity index is 2.05. The van der Waals surface area contributed by atoms with Crippen molar-refractivity contribution >= 4 is 28.9 Å². The van der Waals surface area contributed by atoms with E-state index in [1.165, 1.54) is 0 Å². The topological polar surface area (TPSA) is 88.8 Å². The lowest BCUT2D eigenvalue weighted by Crippen LogP contribution is -2.05. The van der Waals surface area contributed by atoms with E-state index in [2.05, 4.69) is 25.6 Å². The van der Waals surface area contributed by atoms with Crippen LogP contribution in [0.1, 0.15) is 9.88 Å². The van der Waals surface area contributed by atoms with Gasteiger partial charge in [0.05, 0.1) is 11.6 Å². The fraction of sp³-hybridized carbons (Fsp3) is 0.300. The number of thiazole rings is 1. The summed E-state index contributed by atoms with van der Waals surface area (Å²) in [5.41, 5.74) is 5.60. The quantitative estimate of drug-likeness (QED) is 0.761. The first-order chi connectivity index (χ1) is 8.17. The molecule has 0 fully saturated rings. The van der Waals surface area contributed by atoms with E-state index in [4.69, 9.17) is 5.73 Å². The lowest BCUT2D eigenvalue weighted by Gasteiger charge is -2.06. The molecule has 0 aliphatic heterocycles. The van der Waals surface area contributed by atoms with Gasteiger partial charge in [0.25, 0.3) is 0 Å². The molecule has 0 radical (unpaired) electrons. The molecule has 6 nitrogen and oxygen atoms in total. The molecule has 0 aliphatic carbocycles. The van der Waals surface area contributed by atoms with Crippen LogP contribution in [0, 0.1) is 6.92 Å². The second-order valence-electron chi connectivity index (χ2n) is 3.45. The third-order valence-electron chi connectivity index (χ3n) is 2.11. The highest BCUT2D eigenvalue weighted by Crippen LogP contribution is 2.15. The fourth-order valence-corrected chi connectivity index (χ4v) is 2.08. The zero-order valence-electron chi connectivity index (χ0n) is 9.69. The fourth-order valence-electron chi connectivity index (χ4n) is 1.35. The predicted octanol–water partition coefficient (Wildman–Crippen LogP) is 1.48. The van der Waals surface area contributed by atoms with E-state index in [0.717, 1.165) is 9.88 Å². The van der Waals surface area contributed by atoms with Crippen molar-refractivity contribution in [2.45, 2.75) is 13.5 Å². The number of nitrogens with two attached hydrogens (primary N) is 1. The van der Waals surface area contributed by atoms with Crippen LogP contribution in [-0.2, 0) is 6.54 Å². The van der Waals surface area contributed by atoms with Gasteiger partial charge in [0.1, 0.15) is 11.6 Å². The maximum absolute atomic E-state index is 5.60. The monoisotopic (exact) mass is 250 g/mol. The molecule has 7 heteroatoms. The summed E-state index contributed by atoms with van der Waals surface area (Å²) in [6.45, 7) is 2.67. The van der Waals surface area contributed by atoms with Crippen LogP contribution in [0.4, 0.5) is 17.6 Å². The molecule has 17 heavy (non-hydrogen) atoms. The number of hydrogen-bond acceptors (Lipinski definition) is 7. The molecule has 0 amide bonds. The largest absolute Gasteiger partial charge is 0.373 e. The maximum Gasteiger partial charge on any atom is 0.223 e. The Labute approximate surface area is 103 Å². The van der Waals surface area contributed by atoms with E-state index in [0.29, 0.717) is 18.2 Å². The number of rotatable bonds is 4. The number of aromatic nitrogens is 3. The van der Waals surface area contributed by atoms with Crippen LogP contribution in [0.25, 0.3) is 0 Å². The number of nitrogen functional groups attached to an aromatic ring is 1. The molecule has 0 aliphatic rings. The van der Waals surface area contributed by atoms with Gasteiger partial charge in [0, 0.05) is 24.2 Å². The molecule has 0 bridgehead atoms. The third-order valence-corrected chi connectivity index (χ3v) is 3.03. The number of nitrogens with one attached hydrogen (secondary N) is 2. The Morgan fingerprint density at radius 3 is 2.76 bits per heavy atom. The molecule has 0 saturated carbocycles. The van der Waals surface area contributed by atoms with Crippen LogP contribution in [0.5, 0.6) is 0 Å². The predicted molar refractivity (Wildman–Crippen MR) is 70.2 cm³/mol. The normalized spacial score (nSPS) is 10.2. The van der Waals surface area contributed by atoms with E-state index in [-0.39, 0.29) is 5.95 Å². The summed E-state index contributed by atoms with van der Waals surface area (Å²) in [5.74, 6) is 1.65. The van der Waals surface area contributed by atoms with Crippen LogP contribution in [0.2, 0.25) is 0 Å². The van der Waals surface area contributed by atoms with Crippen molar-refractivity contribution in [1.82, 2.24) is 15.0 Å². The molecular formula is C10H14N6S. The first-order valence-electron chi connectivity index (χ1n) is 5.15. The highest BCUT2D eigenvalue weighted by atomic mass is 32.1. The van der Waals surface area contributed by atoms with Crippen molar-refractivity contribution in [2.24, 2.45) is 0 Å². The van der Waals surface area contributed by atoms with Crippen molar-refractivity contribution in [3.63, 3.8) is 0 Å². The van der Waals surface area contributed by atoms with Crippen LogP contribution in [0.3, 0.4) is 0 Å². The Hall–Kier alpha value is -1.89. The lowest BCUT2D eigenvalue weighted by molar-refractivity contribution is 1.10. The van der Waals surface area contributed by atoms with Gasteiger partial charge in [-0.25, -0.2) is 4.98 Å². The van der Waals surface area contributed by atoms with Gasteiger partial charge in [0.15, 0.2) is 0 Å². The molecule has 2 aromatic rings. The van der Waals surface area contributed by atoms with Crippen molar-refractivity contribution in [3.05, 3.63) is 22.1 Å². The summed E-state index contributed by atoms with van der Waals surface area (Å²) in [6.07, 6.45) is 1.86. The second-order valence-corrected chi connectivity index (χ2v) is 4.77. The average molecular weight is 250 g/mol. The van der Waals surface area contributed by atoms with E-state index in [1.807, 2.05) is 19.2 Å². The molecule has 0 atom stereocenters. The van der Waals surface area contributed by atoms with Crippen molar-refractivity contribution in [2.75, 3.05) is 23.4 Å². The van der Waals surface area contributed by atoms with Crippen molar-refractivity contribution in [3.8, 4) is 0 Å². The third kappa shape index (κ3) is 3.04. The van der Waals surface area contributed by atoms with Crippen LogP contribution in [-0.4, -0.2) is 22.0 Å². The highest BCUT2D eigenvalue weighted by molar-refractivity contribution is 7.11. The van der Waals surface area contributed by atoms with Crippen LogP contribution >= 0.6 is 11.3 Å². The smallest absolute Gasteiger partial charge is 0.223 e. The average Bonchev–Trinajstić information content (AvgIpc) is 2.72. The van der Waals surface area contributed by atoms with Gasteiger partial charge in [-0.15, -0.1) is 11.3 Å². The molecule has 0 spiro atoms. The Morgan fingerprint density at radius 2 is 2.12 bits per heavy atom. The van der Waals surface area contributed by atoms with E-state index in [1.54, 1.807) is 18.4 Å². The molecule has 4 N–H and O–H groups in total. The van der Waals surface area contributed by atoms with E-state index < -0.39 is 0 Å². The SMILES string of the molecule is CNc1cc(NCc2cnc(C)s2)nc(N)n1. The minimum absolute atomic E-state index is 0.250. The maximum atomic E-state index is 5.60. The number of hydrogen-bond donors (Lipinski definition) is 3. The Morgan fingerprint density at radius 1 is 1.35 bits per heavy atom. The lowest BCUT2D eigenvalue weighted by atomic mass is 10.4. The Kier molecular flexibility index (Phi) is 3.38. The minimum Gasteiger partial charge on any atom is -0.373 e. The molecule has 2 aromatic heterocycles. The molecule has 90 valence electrons. The zero-order chi connectivity index (χ0) is 12.3. The molecule has 0 saturated heterocycles. The first-order valence-corrected chi connectivity index (χ1v) is 5.96. The van der Waals surface area contributed by atoms with Gasteiger partial charge in [-0.2, -0.15) is 9.97 Å². The van der Waals surface area contributed by atoms with Gasteiger partial charge in [0.2, 0.25) is 5.95 Å². The van der Waals surface area contributed by atoms with Gasteiger partial charge < -0.3 is 16.4 Å². The zero-order valence-corrected chi connectivity index (χ0v) is 10.5. The molecule has 0 aromatic carbocycles. The van der Waals surface area contributed by atoms with Crippen molar-refractivity contribution in [1.29, 1.82) is 0 Å². The molecule has 2 rings (SSSR count). The van der Waals surface area contributed by atoms with Gasteiger partial charge in [-0.1, -0.05) is 0 Å². The van der Waals surface area contributed by atoms with Gasteiger partial charge in [-0.3, -0.25) is 0 Å². The summed E-state index contributed by atoms with van der Waals surface area (Å²) in [7, 11) is 1.79. The number of nitrogens with zero attached hydrogens (tertiary/aromatic N) is 3. The summed E-state index contributed by atoms with van der Waals surface area (Å²) < 4.78 is 0. The summed E-state index contributed by atoms with van der Waals surface area (Å²) >= 11 is 1.66. The van der Waals surface area contributed by atoms with Crippen molar-refractivity contribution < 1.29 is 0 Å². The summed E-state index contributed by atoms with van der Waals surface area (Å²) in [6, 6.07) is 1.81. The van der Waals surface area contributed by atoms with Gasteiger partial charge >= 0.3 is 0 Å². The molecule has 0 unspecified atom stereocenters. The van der Waals surface area contributed by atoms with E-state index in [9.17, 15) is 0 Å². The summed E-state index contributed by atoms with van der Waals surface area (Å²) in [5, 5.41) is 7.17. The highest BCUT2D eigenvalue weighted by Gasteiger charge is 2.02. The first kappa shape index (κ1) is 11.6. The standard InChI is InChI=1S/C10H14N6S/c1-6-13-4-7(17-6)5-14-9-3-8(12-2)15-10(11)16-9/h3-4H,5H2,1-2H3,(H4,11,12,14,15,16). The minimum atomic E-state index is 0.250. The van der Waals surface area contributed by atoms with Gasteiger partial charge in [-0.05, 0) is 6.92 Å².